The lowest BCUT2D eigenvalue weighted by Gasteiger charge is -2.38. The van der Waals surface area contributed by atoms with Gasteiger partial charge in [0, 0.05) is 24.3 Å². The second-order valence-corrected chi connectivity index (χ2v) is 7.84. The maximum Gasteiger partial charge on any atom is 0.227 e. The van der Waals surface area contributed by atoms with Crippen molar-refractivity contribution in [1.29, 1.82) is 5.26 Å². The molecule has 2 aliphatic rings. The number of carbonyl (C=O) groups is 1. The Balaban J connectivity index is 2.02. The van der Waals surface area contributed by atoms with Gasteiger partial charge in [-0.3, -0.25) is 4.79 Å². The van der Waals surface area contributed by atoms with Gasteiger partial charge < -0.3 is 16.2 Å². The van der Waals surface area contributed by atoms with E-state index in [1.807, 2.05) is 50.2 Å². The van der Waals surface area contributed by atoms with Crippen LogP contribution in [0.2, 0.25) is 0 Å². The first-order valence-electron chi connectivity index (χ1n) is 8.80. The number of nitriles is 1. The van der Waals surface area contributed by atoms with Crippen molar-refractivity contribution in [3.8, 4) is 11.9 Å². The van der Waals surface area contributed by atoms with Gasteiger partial charge in [-0.25, -0.2) is 0 Å². The van der Waals surface area contributed by atoms with Gasteiger partial charge in [0.2, 0.25) is 5.88 Å². The summed E-state index contributed by atoms with van der Waals surface area (Å²) < 4.78 is 6.03. The lowest BCUT2D eigenvalue weighted by Crippen LogP contribution is -2.33. The van der Waals surface area contributed by atoms with Crippen molar-refractivity contribution >= 4 is 17.3 Å². The maximum absolute atomic E-state index is 13.1. The van der Waals surface area contributed by atoms with Crippen LogP contribution in [0.1, 0.15) is 49.3 Å². The van der Waals surface area contributed by atoms with Crippen LogP contribution in [0.3, 0.4) is 0 Å². The number of hydrogen-bond acceptors (Lipinski definition) is 6. The molecule has 0 bridgehead atoms. The highest BCUT2D eigenvalue weighted by Crippen LogP contribution is 2.51. The van der Waals surface area contributed by atoms with Crippen LogP contribution in [0.5, 0.6) is 5.88 Å². The van der Waals surface area contributed by atoms with Crippen molar-refractivity contribution in [2.24, 2.45) is 5.41 Å². The summed E-state index contributed by atoms with van der Waals surface area (Å²) >= 11 is 0. The fourth-order valence-corrected chi connectivity index (χ4v) is 4.02. The number of ketones is 1. The first-order valence-corrected chi connectivity index (χ1v) is 8.80. The smallest absolute Gasteiger partial charge is 0.227 e. The molecule has 1 aromatic heterocycles. The van der Waals surface area contributed by atoms with Crippen molar-refractivity contribution in [2.45, 2.75) is 32.6 Å². The zero-order valence-corrected chi connectivity index (χ0v) is 15.2. The number of ether oxygens (including phenoxy) is 1. The van der Waals surface area contributed by atoms with E-state index in [2.05, 4.69) is 4.98 Å². The average molecular weight is 360 g/mol. The molecule has 1 atom stereocenters. The van der Waals surface area contributed by atoms with Gasteiger partial charge in [-0.15, -0.1) is 0 Å². The molecule has 136 valence electrons. The quantitative estimate of drug-likeness (QED) is 0.806. The average Bonchev–Trinajstić information content (AvgIpc) is 2.60. The van der Waals surface area contributed by atoms with Crippen molar-refractivity contribution in [2.75, 3.05) is 11.5 Å². The SMILES string of the molecule is CC1(C)CC(=O)C2=C(C1)Oc1nc(N)c(C#N)c(N)c1C2c1ccccc1. The number of carbonyl (C=O) groups excluding carboxylic acids is 1. The van der Waals surface area contributed by atoms with Gasteiger partial charge in [0.05, 0.1) is 11.3 Å². The molecule has 4 N–H and O–H groups in total. The van der Waals surface area contributed by atoms with Gasteiger partial charge >= 0.3 is 0 Å². The van der Waals surface area contributed by atoms with Gasteiger partial charge in [0.1, 0.15) is 23.2 Å². The lowest BCUT2D eigenvalue weighted by atomic mass is 9.70. The number of Topliss-reactive ketones (excluding diaryl/α,β-unsaturated/α-hetero) is 1. The van der Waals surface area contributed by atoms with E-state index in [0.717, 1.165) is 5.56 Å². The molecule has 2 aromatic rings. The number of aromatic nitrogens is 1. The molecule has 6 heteroatoms. The molecule has 1 aliphatic carbocycles. The number of rotatable bonds is 1. The number of hydrogen-bond donors (Lipinski definition) is 2. The summed E-state index contributed by atoms with van der Waals surface area (Å²) in [6.07, 6.45) is 1.06. The molecule has 0 saturated carbocycles. The topological polar surface area (TPSA) is 115 Å². The molecule has 1 unspecified atom stereocenters. The van der Waals surface area contributed by atoms with Crippen LogP contribution in [0.15, 0.2) is 41.7 Å². The zero-order chi connectivity index (χ0) is 19.3. The van der Waals surface area contributed by atoms with Gasteiger partial charge in [-0.05, 0) is 11.0 Å². The van der Waals surface area contributed by atoms with Crippen LogP contribution in [-0.4, -0.2) is 10.8 Å². The van der Waals surface area contributed by atoms with Crippen LogP contribution in [0, 0.1) is 16.7 Å². The Morgan fingerprint density at radius 1 is 1.22 bits per heavy atom. The number of anilines is 2. The molecule has 0 fully saturated rings. The Labute approximate surface area is 157 Å². The van der Waals surface area contributed by atoms with Crippen LogP contribution >= 0.6 is 0 Å². The standard InChI is InChI=1S/C21H20N4O2/c1-21(2)8-13(26)16-14(9-21)27-20-17(15(16)11-6-4-3-5-7-11)18(23)12(10-22)19(24)25-20/h3-7,15H,8-9H2,1-2H3,(H4,23,24,25). The van der Waals surface area contributed by atoms with Crippen molar-refractivity contribution in [1.82, 2.24) is 4.98 Å². The minimum absolute atomic E-state index is 0.0333. The Kier molecular flexibility index (Phi) is 3.70. The summed E-state index contributed by atoms with van der Waals surface area (Å²) in [7, 11) is 0. The molecular weight excluding hydrogens is 340 g/mol. The normalized spacial score (nSPS) is 20.3. The minimum atomic E-state index is -0.422. The minimum Gasteiger partial charge on any atom is -0.442 e. The Hall–Kier alpha value is -3.33. The first-order chi connectivity index (χ1) is 12.8. The number of allylic oxidation sites excluding steroid dienone is 2. The van der Waals surface area contributed by atoms with Gasteiger partial charge in [0.15, 0.2) is 5.78 Å². The fourth-order valence-electron chi connectivity index (χ4n) is 4.02. The van der Waals surface area contributed by atoms with E-state index in [1.165, 1.54) is 0 Å². The molecule has 2 heterocycles. The number of nitrogen functional groups attached to an aromatic ring is 2. The lowest BCUT2D eigenvalue weighted by molar-refractivity contribution is -0.118. The second kappa shape index (κ2) is 5.85. The first kappa shape index (κ1) is 17.1. The Morgan fingerprint density at radius 3 is 2.59 bits per heavy atom. The second-order valence-electron chi connectivity index (χ2n) is 7.84. The fraction of sp³-hybridized carbons (Fsp3) is 0.286. The molecule has 4 rings (SSSR count). The molecule has 0 spiro atoms. The molecule has 0 radical (unpaired) electrons. The number of nitrogens with zero attached hydrogens (tertiary/aromatic N) is 2. The number of fused-ring (bicyclic) bond motifs is 1. The van der Waals surface area contributed by atoms with Gasteiger partial charge in [-0.1, -0.05) is 44.2 Å². The molecule has 1 aromatic carbocycles. The van der Waals surface area contributed by atoms with E-state index < -0.39 is 5.92 Å². The molecule has 0 amide bonds. The summed E-state index contributed by atoms with van der Waals surface area (Å²) in [5.74, 6) is 0.547. The zero-order valence-electron chi connectivity index (χ0n) is 15.2. The molecule has 0 saturated heterocycles. The third-order valence-corrected chi connectivity index (χ3v) is 5.19. The largest absolute Gasteiger partial charge is 0.442 e. The number of benzene rings is 1. The van der Waals surface area contributed by atoms with E-state index in [-0.39, 0.29) is 34.1 Å². The Bertz CT molecular complexity index is 1030. The molecular formula is C21H20N4O2. The van der Waals surface area contributed by atoms with Crippen molar-refractivity contribution in [3.63, 3.8) is 0 Å². The number of pyridine rings is 1. The van der Waals surface area contributed by atoms with Crippen LogP contribution in [0.4, 0.5) is 11.5 Å². The highest BCUT2D eigenvalue weighted by atomic mass is 16.5. The van der Waals surface area contributed by atoms with E-state index in [1.54, 1.807) is 0 Å². The van der Waals surface area contributed by atoms with Crippen molar-refractivity contribution in [3.05, 3.63) is 58.4 Å². The van der Waals surface area contributed by atoms with Gasteiger partial charge in [-0.2, -0.15) is 10.2 Å². The van der Waals surface area contributed by atoms with Crippen LogP contribution < -0.4 is 16.2 Å². The van der Waals surface area contributed by atoms with Crippen LogP contribution in [0.25, 0.3) is 0 Å². The van der Waals surface area contributed by atoms with Gasteiger partial charge in [0.25, 0.3) is 0 Å². The van der Waals surface area contributed by atoms with Crippen molar-refractivity contribution < 1.29 is 9.53 Å². The summed E-state index contributed by atoms with van der Waals surface area (Å²) in [6.45, 7) is 4.08. The summed E-state index contributed by atoms with van der Waals surface area (Å²) in [6, 6.07) is 11.6. The predicted molar refractivity (Wildman–Crippen MR) is 102 cm³/mol. The molecule has 6 nitrogen and oxygen atoms in total. The van der Waals surface area contributed by atoms with Crippen LogP contribution in [-0.2, 0) is 4.79 Å². The van der Waals surface area contributed by atoms with E-state index >= 15 is 0 Å². The third-order valence-electron chi connectivity index (χ3n) is 5.19. The molecule has 1 aliphatic heterocycles. The molecule has 27 heavy (non-hydrogen) atoms. The summed E-state index contributed by atoms with van der Waals surface area (Å²) in [4.78, 5) is 17.4. The predicted octanol–water partition coefficient (Wildman–Crippen LogP) is 3.29. The third kappa shape index (κ3) is 2.63. The maximum atomic E-state index is 13.1. The van der Waals surface area contributed by atoms with E-state index in [9.17, 15) is 10.1 Å². The highest BCUT2D eigenvalue weighted by molar-refractivity contribution is 6.00. The summed E-state index contributed by atoms with van der Waals surface area (Å²) in [5.41, 5.74) is 14.4. The van der Waals surface area contributed by atoms with E-state index in [0.29, 0.717) is 29.7 Å². The number of nitrogens with two attached hydrogens (primary N) is 2. The monoisotopic (exact) mass is 360 g/mol. The summed E-state index contributed by atoms with van der Waals surface area (Å²) in [5, 5.41) is 9.44. The van der Waals surface area contributed by atoms with E-state index in [4.69, 9.17) is 16.2 Å². The Morgan fingerprint density at radius 2 is 1.93 bits per heavy atom. The highest BCUT2D eigenvalue weighted by Gasteiger charge is 2.43.